The highest BCUT2D eigenvalue weighted by molar-refractivity contribution is 5.91. The molecular formula is C24H28. The van der Waals surface area contributed by atoms with Crippen molar-refractivity contribution in [3.05, 3.63) is 64.2 Å². The van der Waals surface area contributed by atoms with Gasteiger partial charge in [0.05, 0.1) is 0 Å². The van der Waals surface area contributed by atoms with Crippen LogP contribution in [0.4, 0.5) is 0 Å². The number of aryl methyl sites for hydroxylation is 1. The lowest BCUT2D eigenvalue weighted by molar-refractivity contribution is 0.590. The number of rotatable bonds is 2. The van der Waals surface area contributed by atoms with Gasteiger partial charge in [-0.05, 0) is 69.5 Å². The molecule has 2 aromatic carbocycles. The van der Waals surface area contributed by atoms with Crippen LogP contribution in [0.5, 0.6) is 0 Å². The van der Waals surface area contributed by atoms with Crippen LogP contribution in [-0.2, 0) is 18.3 Å². The Balaban J connectivity index is 1.87. The van der Waals surface area contributed by atoms with Gasteiger partial charge in [0, 0.05) is 0 Å². The molecule has 0 N–H and O–H groups in total. The Hall–Kier alpha value is -1.82. The van der Waals surface area contributed by atoms with Crippen molar-refractivity contribution in [2.24, 2.45) is 5.92 Å². The lowest BCUT2D eigenvalue weighted by atomic mass is 9.80. The molecule has 0 saturated heterocycles. The molecule has 0 atom stereocenters. The maximum absolute atomic E-state index is 2.38. The van der Waals surface area contributed by atoms with Crippen molar-refractivity contribution in [2.75, 3.05) is 0 Å². The highest BCUT2D eigenvalue weighted by atomic mass is 14.3. The molecule has 24 heavy (non-hydrogen) atoms. The second-order valence-electron chi connectivity index (χ2n) is 8.80. The molecule has 0 fully saturated rings. The van der Waals surface area contributed by atoms with E-state index in [1.54, 1.807) is 22.3 Å². The molecule has 0 heterocycles. The van der Waals surface area contributed by atoms with Crippen molar-refractivity contribution in [3.8, 4) is 11.1 Å². The summed E-state index contributed by atoms with van der Waals surface area (Å²) in [6.45, 7) is 11.6. The summed E-state index contributed by atoms with van der Waals surface area (Å²) in [7, 11) is 0. The van der Waals surface area contributed by atoms with E-state index < -0.39 is 0 Å². The molecule has 0 unspecified atom stereocenters. The summed E-state index contributed by atoms with van der Waals surface area (Å²) in [6.07, 6.45) is 3.58. The molecule has 0 aliphatic heterocycles. The van der Waals surface area contributed by atoms with Crippen LogP contribution in [0.2, 0.25) is 0 Å². The predicted octanol–water partition coefficient (Wildman–Crippen LogP) is 6.56. The summed E-state index contributed by atoms with van der Waals surface area (Å²) in [5, 5.41) is 0. The Bertz CT molecular complexity index is 824. The standard InChI is InChI=1S/C24H28/c1-15(2)21-14-18-7-6-16-10-13-20(21)23(18)22(16)17-8-11-19(12-9-17)24(3,4)5/h6-9,11-12,15H,10,13-14H2,1-5H3. The number of benzene rings is 2. The maximum atomic E-state index is 2.38. The highest BCUT2D eigenvalue weighted by Crippen LogP contribution is 2.48. The minimum atomic E-state index is 0.215. The molecule has 2 aliphatic rings. The SMILES string of the molecule is CC(C)C1=C2CCc3ccc(c2c3-c2ccc(C(C)(C)C)cc2)C1. The van der Waals surface area contributed by atoms with Gasteiger partial charge in [-0.25, -0.2) is 0 Å². The fraction of sp³-hybridized carbons (Fsp3) is 0.417. The van der Waals surface area contributed by atoms with E-state index in [0.29, 0.717) is 5.92 Å². The third-order valence-corrected chi connectivity index (χ3v) is 5.83. The molecule has 0 amide bonds. The number of hydrogen-bond donors (Lipinski definition) is 0. The number of allylic oxidation sites excluding steroid dienone is 2. The van der Waals surface area contributed by atoms with E-state index in [2.05, 4.69) is 71.0 Å². The normalized spacial score (nSPS) is 16.2. The van der Waals surface area contributed by atoms with Gasteiger partial charge in [0.25, 0.3) is 0 Å². The van der Waals surface area contributed by atoms with Crippen molar-refractivity contribution in [2.45, 2.75) is 59.3 Å². The van der Waals surface area contributed by atoms with Crippen LogP contribution in [0.15, 0.2) is 42.0 Å². The fourth-order valence-corrected chi connectivity index (χ4v) is 4.43. The zero-order valence-electron chi connectivity index (χ0n) is 15.7. The van der Waals surface area contributed by atoms with Crippen molar-refractivity contribution in [1.82, 2.24) is 0 Å². The first-order chi connectivity index (χ1) is 11.4. The largest absolute Gasteiger partial charge is 0.0594 e. The van der Waals surface area contributed by atoms with Crippen molar-refractivity contribution >= 4 is 5.57 Å². The molecular weight excluding hydrogens is 288 g/mol. The average molecular weight is 316 g/mol. The van der Waals surface area contributed by atoms with Gasteiger partial charge in [0.1, 0.15) is 0 Å². The van der Waals surface area contributed by atoms with Crippen molar-refractivity contribution < 1.29 is 0 Å². The quantitative estimate of drug-likeness (QED) is 0.588. The van der Waals surface area contributed by atoms with E-state index in [9.17, 15) is 0 Å². The summed E-state index contributed by atoms with van der Waals surface area (Å²) in [5.41, 5.74) is 12.5. The van der Waals surface area contributed by atoms with Crippen LogP contribution < -0.4 is 0 Å². The topological polar surface area (TPSA) is 0 Å². The molecule has 4 rings (SSSR count). The van der Waals surface area contributed by atoms with E-state index in [1.807, 2.05) is 0 Å². The van der Waals surface area contributed by atoms with E-state index in [1.165, 1.54) is 35.1 Å². The van der Waals surface area contributed by atoms with Gasteiger partial charge in [-0.15, -0.1) is 0 Å². The van der Waals surface area contributed by atoms with E-state index >= 15 is 0 Å². The molecule has 0 spiro atoms. The monoisotopic (exact) mass is 316 g/mol. The smallest absolute Gasteiger partial charge is 0.00522 e. The van der Waals surface area contributed by atoms with Gasteiger partial charge in [0.2, 0.25) is 0 Å². The third-order valence-electron chi connectivity index (χ3n) is 5.83. The van der Waals surface area contributed by atoms with E-state index in [0.717, 1.165) is 6.42 Å². The summed E-state index contributed by atoms with van der Waals surface area (Å²) in [4.78, 5) is 0. The van der Waals surface area contributed by atoms with Crippen LogP contribution in [0.25, 0.3) is 16.7 Å². The van der Waals surface area contributed by atoms with Crippen LogP contribution in [-0.4, -0.2) is 0 Å². The van der Waals surface area contributed by atoms with Gasteiger partial charge in [-0.3, -0.25) is 0 Å². The molecule has 0 nitrogen and oxygen atoms in total. The first-order valence-corrected chi connectivity index (χ1v) is 9.34. The van der Waals surface area contributed by atoms with Crippen LogP contribution in [0.1, 0.15) is 63.3 Å². The van der Waals surface area contributed by atoms with Gasteiger partial charge < -0.3 is 0 Å². The minimum absolute atomic E-state index is 0.215. The molecule has 2 aliphatic carbocycles. The second-order valence-corrected chi connectivity index (χ2v) is 8.80. The Morgan fingerprint density at radius 1 is 0.792 bits per heavy atom. The first-order valence-electron chi connectivity index (χ1n) is 9.34. The summed E-state index contributed by atoms with van der Waals surface area (Å²) >= 11 is 0. The van der Waals surface area contributed by atoms with Gasteiger partial charge in [-0.2, -0.15) is 0 Å². The molecule has 0 aromatic heterocycles. The lowest BCUT2D eigenvalue weighted by Gasteiger charge is -2.24. The molecule has 2 aromatic rings. The van der Waals surface area contributed by atoms with E-state index in [-0.39, 0.29) is 5.41 Å². The molecule has 124 valence electrons. The highest BCUT2D eigenvalue weighted by Gasteiger charge is 2.30. The zero-order chi connectivity index (χ0) is 17.1. The van der Waals surface area contributed by atoms with Crippen LogP contribution in [0.3, 0.4) is 0 Å². The zero-order valence-corrected chi connectivity index (χ0v) is 15.7. The van der Waals surface area contributed by atoms with Crippen LogP contribution >= 0.6 is 0 Å². The Morgan fingerprint density at radius 3 is 2.08 bits per heavy atom. The van der Waals surface area contributed by atoms with Crippen molar-refractivity contribution in [1.29, 1.82) is 0 Å². The molecule has 0 heteroatoms. The third kappa shape index (κ3) is 2.35. The molecule has 0 saturated carbocycles. The lowest BCUT2D eigenvalue weighted by Crippen LogP contribution is -2.10. The second kappa shape index (κ2) is 5.34. The first kappa shape index (κ1) is 15.7. The Labute approximate surface area is 146 Å². The minimum Gasteiger partial charge on any atom is -0.0594 e. The fourth-order valence-electron chi connectivity index (χ4n) is 4.43. The van der Waals surface area contributed by atoms with Crippen LogP contribution in [0, 0.1) is 5.92 Å². The average Bonchev–Trinajstić information content (AvgIpc) is 2.95. The summed E-state index contributed by atoms with van der Waals surface area (Å²) < 4.78 is 0. The number of hydrogen-bond acceptors (Lipinski definition) is 0. The predicted molar refractivity (Wildman–Crippen MR) is 104 cm³/mol. The molecule has 0 radical (unpaired) electrons. The van der Waals surface area contributed by atoms with Gasteiger partial charge in [-0.1, -0.05) is 76.6 Å². The number of fused-ring (bicyclic) bond motifs is 1. The van der Waals surface area contributed by atoms with Gasteiger partial charge >= 0.3 is 0 Å². The summed E-state index contributed by atoms with van der Waals surface area (Å²) in [5.74, 6) is 0.657. The summed E-state index contributed by atoms with van der Waals surface area (Å²) in [6, 6.07) is 14.1. The van der Waals surface area contributed by atoms with E-state index in [4.69, 9.17) is 0 Å². The Kier molecular flexibility index (Phi) is 3.49. The maximum Gasteiger partial charge on any atom is -0.00522 e. The van der Waals surface area contributed by atoms with Gasteiger partial charge in [0.15, 0.2) is 0 Å². The van der Waals surface area contributed by atoms with Crippen molar-refractivity contribution in [3.63, 3.8) is 0 Å². The molecule has 2 bridgehead atoms. The Morgan fingerprint density at radius 2 is 1.46 bits per heavy atom.